The number of nitrogens with one attached hydrogen (secondary N) is 1. The quantitative estimate of drug-likeness (QED) is 0.924. The van der Waals surface area contributed by atoms with Crippen LogP contribution in [0.4, 0.5) is 5.82 Å². The molecule has 0 aliphatic carbocycles. The molecule has 0 atom stereocenters. The molecule has 2 aromatic heterocycles. The first kappa shape index (κ1) is 12.7. The SMILES string of the molecule is O=C(Nc1cnc2n1CCCC2)c1scc2c1OCCO2. The van der Waals surface area contributed by atoms with Crippen molar-refractivity contribution in [2.45, 2.75) is 25.8 Å². The van der Waals surface area contributed by atoms with E-state index in [4.69, 9.17) is 9.47 Å². The van der Waals surface area contributed by atoms with E-state index >= 15 is 0 Å². The van der Waals surface area contributed by atoms with Crippen LogP contribution < -0.4 is 14.8 Å². The first-order chi connectivity index (χ1) is 10.3. The van der Waals surface area contributed by atoms with E-state index < -0.39 is 0 Å². The summed E-state index contributed by atoms with van der Waals surface area (Å²) in [6.45, 7) is 1.92. The highest BCUT2D eigenvalue weighted by Gasteiger charge is 2.24. The molecule has 0 fully saturated rings. The number of thiophene rings is 1. The minimum absolute atomic E-state index is 0.167. The van der Waals surface area contributed by atoms with E-state index in [1.807, 2.05) is 5.38 Å². The number of imidazole rings is 1. The third kappa shape index (κ3) is 2.17. The van der Waals surface area contributed by atoms with Gasteiger partial charge in [0.05, 0.1) is 6.20 Å². The van der Waals surface area contributed by atoms with E-state index in [0.29, 0.717) is 29.6 Å². The van der Waals surface area contributed by atoms with Gasteiger partial charge in [0.25, 0.3) is 5.91 Å². The zero-order valence-corrected chi connectivity index (χ0v) is 12.2. The maximum Gasteiger partial charge on any atom is 0.270 e. The highest BCUT2D eigenvalue weighted by atomic mass is 32.1. The number of amides is 1. The van der Waals surface area contributed by atoms with Crippen molar-refractivity contribution in [1.29, 1.82) is 0 Å². The van der Waals surface area contributed by atoms with Gasteiger partial charge in [0.1, 0.15) is 29.7 Å². The second-order valence-electron chi connectivity index (χ2n) is 5.08. The average molecular weight is 305 g/mol. The Morgan fingerprint density at radius 2 is 2.24 bits per heavy atom. The summed E-state index contributed by atoms with van der Waals surface area (Å²) >= 11 is 1.34. The lowest BCUT2D eigenvalue weighted by Gasteiger charge is -2.17. The molecular weight excluding hydrogens is 290 g/mol. The van der Waals surface area contributed by atoms with Crippen LogP contribution in [0.15, 0.2) is 11.6 Å². The van der Waals surface area contributed by atoms with Crippen LogP contribution in [-0.4, -0.2) is 28.7 Å². The number of fused-ring (bicyclic) bond motifs is 2. The Morgan fingerprint density at radius 1 is 1.33 bits per heavy atom. The number of hydrogen-bond donors (Lipinski definition) is 1. The zero-order chi connectivity index (χ0) is 14.2. The molecular formula is C14H15N3O3S. The second kappa shape index (κ2) is 5.07. The second-order valence-corrected chi connectivity index (χ2v) is 5.96. The predicted octanol–water partition coefficient (Wildman–Crippen LogP) is 2.30. The van der Waals surface area contributed by atoms with Crippen molar-refractivity contribution in [3.05, 3.63) is 22.3 Å². The Bertz CT molecular complexity index is 692. The normalized spacial score (nSPS) is 16.4. The molecule has 0 saturated carbocycles. The Kier molecular flexibility index (Phi) is 3.07. The fourth-order valence-electron chi connectivity index (χ4n) is 2.71. The molecule has 110 valence electrons. The highest BCUT2D eigenvalue weighted by molar-refractivity contribution is 7.13. The summed E-state index contributed by atoms with van der Waals surface area (Å²) in [5.41, 5.74) is 0. The van der Waals surface area contributed by atoms with Gasteiger partial charge < -0.3 is 19.4 Å². The lowest BCUT2D eigenvalue weighted by molar-refractivity contribution is 0.102. The van der Waals surface area contributed by atoms with Crippen LogP contribution in [0, 0.1) is 0 Å². The topological polar surface area (TPSA) is 65.4 Å². The maximum atomic E-state index is 12.5. The van der Waals surface area contributed by atoms with Crippen LogP contribution >= 0.6 is 11.3 Å². The monoisotopic (exact) mass is 305 g/mol. The smallest absolute Gasteiger partial charge is 0.270 e. The van der Waals surface area contributed by atoms with Crippen molar-refractivity contribution in [3.8, 4) is 11.5 Å². The minimum Gasteiger partial charge on any atom is -0.485 e. The van der Waals surface area contributed by atoms with Gasteiger partial charge in [-0.15, -0.1) is 11.3 Å². The van der Waals surface area contributed by atoms with E-state index in [9.17, 15) is 4.79 Å². The van der Waals surface area contributed by atoms with Crippen molar-refractivity contribution in [2.75, 3.05) is 18.5 Å². The van der Waals surface area contributed by atoms with Crippen molar-refractivity contribution in [3.63, 3.8) is 0 Å². The summed E-state index contributed by atoms with van der Waals surface area (Å²) in [6, 6.07) is 0. The van der Waals surface area contributed by atoms with E-state index in [-0.39, 0.29) is 5.91 Å². The van der Waals surface area contributed by atoms with E-state index in [1.54, 1.807) is 6.20 Å². The van der Waals surface area contributed by atoms with Crippen LogP contribution in [0.2, 0.25) is 0 Å². The average Bonchev–Trinajstić information content (AvgIpc) is 3.12. The number of ether oxygens (including phenoxy) is 2. The molecule has 1 N–H and O–H groups in total. The fourth-order valence-corrected chi connectivity index (χ4v) is 3.53. The molecule has 4 heterocycles. The van der Waals surface area contributed by atoms with Crippen molar-refractivity contribution < 1.29 is 14.3 Å². The van der Waals surface area contributed by atoms with Gasteiger partial charge in [0, 0.05) is 18.3 Å². The Balaban J connectivity index is 1.59. The third-order valence-corrected chi connectivity index (χ3v) is 4.66. The molecule has 4 rings (SSSR count). The molecule has 0 spiro atoms. The maximum absolute atomic E-state index is 12.5. The Labute approximate surface area is 125 Å². The molecule has 0 radical (unpaired) electrons. The van der Waals surface area contributed by atoms with Crippen molar-refractivity contribution in [1.82, 2.24) is 9.55 Å². The summed E-state index contributed by atoms with van der Waals surface area (Å²) in [6.07, 6.45) is 4.99. The van der Waals surface area contributed by atoms with Crippen LogP contribution in [0.1, 0.15) is 28.3 Å². The summed E-state index contributed by atoms with van der Waals surface area (Å²) in [7, 11) is 0. The molecule has 2 aromatic rings. The molecule has 0 bridgehead atoms. The molecule has 2 aliphatic rings. The highest BCUT2D eigenvalue weighted by Crippen LogP contribution is 2.39. The number of nitrogens with zero attached hydrogens (tertiary/aromatic N) is 2. The van der Waals surface area contributed by atoms with E-state index in [1.165, 1.54) is 11.3 Å². The molecule has 0 aromatic carbocycles. The molecule has 2 aliphatic heterocycles. The molecule has 0 saturated heterocycles. The van der Waals surface area contributed by atoms with Crippen LogP contribution in [0.3, 0.4) is 0 Å². The lowest BCUT2D eigenvalue weighted by atomic mass is 10.2. The summed E-state index contributed by atoms with van der Waals surface area (Å²) < 4.78 is 13.1. The largest absolute Gasteiger partial charge is 0.485 e. The molecule has 0 unspecified atom stereocenters. The molecule has 6 nitrogen and oxygen atoms in total. The van der Waals surface area contributed by atoms with E-state index in [0.717, 1.165) is 37.4 Å². The van der Waals surface area contributed by atoms with Gasteiger partial charge in [-0.05, 0) is 12.8 Å². The van der Waals surface area contributed by atoms with E-state index in [2.05, 4.69) is 14.9 Å². The lowest BCUT2D eigenvalue weighted by Crippen LogP contribution is -2.20. The van der Waals surface area contributed by atoms with Gasteiger partial charge in [-0.1, -0.05) is 0 Å². The van der Waals surface area contributed by atoms with Gasteiger partial charge in [-0.3, -0.25) is 4.79 Å². The number of aromatic nitrogens is 2. The fraction of sp³-hybridized carbons (Fsp3) is 0.429. The number of carbonyl (C=O) groups is 1. The zero-order valence-electron chi connectivity index (χ0n) is 11.4. The molecule has 21 heavy (non-hydrogen) atoms. The van der Waals surface area contributed by atoms with Crippen molar-refractivity contribution >= 4 is 23.1 Å². The number of carbonyl (C=O) groups excluding carboxylic acids is 1. The summed E-state index contributed by atoms with van der Waals surface area (Å²) in [5.74, 6) is 2.85. The Morgan fingerprint density at radius 3 is 3.19 bits per heavy atom. The molecule has 1 amide bonds. The van der Waals surface area contributed by atoms with Gasteiger partial charge in [0.15, 0.2) is 11.5 Å². The van der Waals surface area contributed by atoms with Crippen LogP contribution in [0.25, 0.3) is 0 Å². The number of rotatable bonds is 2. The standard InChI is InChI=1S/C14H15N3O3S/c18-14(13-12-9(8-21-13)19-5-6-20-12)16-11-7-15-10-3-1-2-4-17(10)11/h7-8H,1-6H2,(H,16,18). The van der Waals surface area contributed by atoms with Crippen LogP contribution in [-0.2, 0) is 13.0 Å². The van der Waals surface area contributed by atoms with Gasteiger partial charge >= 0.3 is 0 Å². The number of aryl methyl sites for hydroxylation is 1. The Hall–Kier alpha value is -2.02. The first-order valence-electron chi connectivity index (χ1n) is 7.06. The van der Waals surface area contributed by atoms with Gasteiger partial charge in [-0.25, -0.2) is 4.98 Å². The third-order valence-electron chi connectivity index (χ3n) is 3.72. The molecule has 7 heteroatoms. The first-order valence-corrected chi connectivity index (χ1v) is 7.94. The summed E-state index contributed by atoms with van der Waals surface area (Å²) in [4.78, 5) is 17.4. The van der Waals surface area contributed by atoms with Crippen molar-refractivity contribution in [2.24, 2.45) is 0 Å². The summed E-state index contributed by atoms with van der Waals surface area (Å²) in [5, 5.41) is 4.75. The van der Waals surface area contributed by atoms with Crippen LogP contribution in [0.5, 0.6) is 11.5 Å². The predicted molar refractivity (Wildman–Crippen MR) is 78.4 cm³/mol. The van der Waals surface area contributed by atoms with Gasteiger partial charge in [0.2, 0.25) is 0 Å². The number of hydrogen-bond acceptors (Lipinski definition) is 5. The minimum atomic E-state index is -0.167. The van der Waals surface area contributed by atoms with Gasteiger partial charge in [-0.2, -0.15) is 0 Å². The number of anilines is 1.